The minimum Gasteiger partial charge on any atom is -0.437 e. The molecular formula is C15H24O4. The lowest BCUT2D eigenvalue weighted by atomic mass is 9.49. The first-order valence-corrected chi connectivity index (χ1v) is 7.53. The van der Waals surface area contributed by atoms with E-state index in [1.807, 2.05) is 0 Å². The maximum atomic E-state index is 10.7. The van der Waals surface area contributed by atoms with E-state index in [1.165, 1.54) is 38.5 Å². The summed E-state index contributed by atoms with van der Waals surface area (Å²) in [4.78, 5) is 10.7. The van der Waals surface area contributed by atoms with Crippen LogP contribution in [0.4, 0.5) is 0 Å². The standard InChI is InChI=1S/C15H24O4/c16-9-14(17)19-10-18-2-1-15-6-11-3-12(7-15)5-13(4-11)8-15/h11-13,16H,1-10H2. The summed E-state index contributed by atoms with van der Waals surface area (Å²) < 4.78 is 10.1. The van der Waals surface area contributed by atoms with Gasteiger partial charge < -0.3 is 14.6 Å². The van der Waals surface area contributed by atoms with Gasteiger partial charge in [0.2, 0.25) is 0 Å². The molecular weight excluding hydrogens is 244 g/mol. The maximum absolute atomic E-state index is 10.7. The third-order valence-corrected chi connectivity index (χ3v) is 5.37. The number of hydrogen-bond donors (Lipinski definition) is 1. The average molecular weight is 268 g/mol. The van der Waals surface area contributed by atoms with Crippen molar-refractivity contribution in [3.05, 3.63) is 0 Å². The molecule has 0 unspecified atom stereocenters. The van der Waals surface area contributed by atoms with Gasteiger partial charge in [0.05, 0.1) is 6.61 Å². The highest BCUT2D eigenvalue weighted by atomic mass is 16.7. The Bertz CT molecular complexity index is 304. The summed E-state index contributed by atoms with van der Waals surface area (Å²) in [6.07, 6.45) is 9.67. The summed E-state index contributed by atoms with van der Waals surface area (Å²) in [5.41, 5.74) is 0.524. The third-order valence-electron chi connectivity index (χ3n) is 5.37. The average Bonchev–Trinajstić information content (AvgIpc) is 2.36. The van der Waals surface area contributed by atoms with Gasteiger partial charge in [-0.05, 0) is 68.1 Å². The smallest absolute Gasteiger partial charge is 0.333 e. The number of carbonyl (C=O) groups excluding carboxylic acids is 1. The second-order valence-electron chi connectivity index (χ2n) is 6.87. The van der Waals surface area contributed by atoms with E-state index < -0.39 is 12.6 Å². The number of aliphatic hydroxyl groups is 1. The van der Waals surface area contributed by atoms with Crippen LogP contribution in [0.25, 0.3) is 0 Å². The van der Waals surface area contributed by atoms with Crippen LogP contribution in [0.15, 0.2) is 0 Å². The van der Waals surface area contributed by atoms with Crippen LogP contribution in [0.5, 0.6) is 0 Å². The van der Waals surface area contributed by atoms with E-state index >= 15 is 0 Å². The summed E-state index contributed by atoms with van der Waals surface area (Å²) in [5, 5.41) is 8.51. The molecule has 4 heteroatoms. The van der Waals surface area contributed by atoms with Gasteiger partial charge in [0.15, 0.2) is 6.79 Å². The number of ether oxygens (including phenoxy) is 2. The quantitative estimate of drug-likeness (QED) is 0.455. The fourth-order valence-corrected chi connectivity index (χ4v) is 5.10. The Morgan fingerprint density at radius 2 is 1.68 bits per heavy atom. The molecule has 4 rings (SSSR count). The van der Waals surface area contributed by atoms with Crippen LogP contribution in [-0.4, -0.2) is 31.1 Å². The van der Waals surface area contributed by atoms with Crippen molar-refractivity contribution in [3.63, 3.8) is 0 Å². The van der Waals surface area contributed by atoms with Gasteiger partial charge in [-0.3, -0.25) is 0 Å². The van der Waals surface area contributed by atoms with E-state index in [4.69, 9.17) is 14.6 Å². The van der Waals surface area contributed by atoms with Crippen molar-refractivity contribution in [2.24, 2.45) is 23.2 Å². The number of rotatable bonds is 6. The van der Waals surface area contributed by atoms with Gasteiger partial charge in [-0.1, -0.05) is 0 Å². The van der Waals surface area contributed by atoms with E-state index in [2.05, 4.69) is 0 Å². The van der Waals surface area contributed by atoms with Gasteiger partial charge in [-0.15, -0.1) is 0 Å². The molecule has 0 aromatic rings. The highest BCUT2D eigenvalue weighted by Gasteiger charge is 2.50. The largest absolute Gasteiger partial charge is 0.437 e. The number of esters is 1. The zero-order chi connectivity index (χ0) is 13.3. The Balaban J connectivity index is 1.41. The Morgan fingerprint density at radius 3 is 2.21 bits per heavy atom. The van der Waals surface area contributed by atoms with Crippen molar-refractivity contribution in [2.45, 2.75) is 44.9 Å². The molecule has 0 amide bonds. The minimum atomic E-state index is -0.616. The molecule has 0 aromatic carbocycles. The van der Waals surface area contributed by atoms with E-state index in [-0.39, 0.29) is 6.79 Å². The molecule has 0 atom stereocenters. The summed E-state index contributed by atoms with van der Waals surface area (Å²) in [6.45, 7) is 0.0783. The van der Waals surface area contributed by atoms with Crippen LogP contribution in [0.2, 0.25) is 0 Å². The van der Waals surface area contributed by atoms with Crippen LogP contribution >= 0.6 is 0 Å². The maximum Gasteiger partial charge on any atom is 0.333 e. The zero-order valence-corrected chi connectivity index (χ0v) is 11.5. The number of carbonyl (C=O) groups is 1. The van der Waals surface area contributed by atoms with E-state index in [0.29, 0.717) is 12.0 Å². The molecule has 0 radical (unpaired) electrons. The molecule has 4 fully saturated rings. The monoisotopic (exact) mass is 268 g/mol. The van der Waals surface area contributed by atoms with Gasteiger partial charge in [-0.25, -0.2) is 4.79 Å². The predicted molar refractivity (Wildman–Crippen MR) is 69.2 cm³/mol. The van der Waals surface area contributed by atoms with E-state index in [1.54, 1.807) is 0 Å². The Morgan fingerprint density at radius 1 is 1.11 bits per heavy atom. The number of aliphatic hydroxyl groups excluding tert-OH is 1. The van der Waals surface area contributed by atoms with Gasteiger partial charge >= 0.3 is 5.97 Å². The van der Waals surface area contributed by atoms with Crippen molar-refractivity contribution in [1.82, 2.24) is 0 Å². The van der Waals surface area contributed by atoms with Crippen molar-refractivity contribution >= 4 is 5.97 Å². The lowest BCUT2D eigenvalue weighted by Gasteiger charge is -2.57. The first-order valence-electron chi connectivity index (χ1n) is 7.53. The highest BCUT2D eigenvalue weighted by Crippen LogP contribution is 2.61. The molecule has 4 saturated carbocycles. The fraction of sp³-hybridized carbons (Fsp3) is 0.933. The molecule has 0 heterocycles. The first kappa shape index (κ1) is 13.4. The van der Waals surface area contributed by atoms with Crippen molar-refractivity contribution in [1.29, 1.82) is 0 Å². The van der Waals surface area contributed by atoms with Crippen LogP contribution < -0.4 is 0 Å². The summed E-state index contributed by atoms with van der Waals surface area (Å²) in [7, 11) is 0. The SMILES string of the molecule is O=C(CO)OCOCCC12CC3CC(CC(C3)C1)C2. The van der Waals surface area contributed by atoms with E-state index in [9.17, 15) is 4.79 Å². The Labute approximate surface area is 114 Å². The normalized spacial score (nSPS) is 39.5. The molecule has 4 aliphatic rings. The predicted octanol–water partition coefficient (Wildman–Crippen LogP) is 2.10. The van der Waals surface area contributed by atoms with Crippen molar-refractivity contribution in [2.75, 3.05) is 20.0 Å². The minimum absolute atomic E-state index is 0.0221. The molecule has 108 valence electrons. The number of hydrogen-bond acceptors (Lipinski definition) is 4. The molecule has 4 bridgehead atoms. The summed E-state index contributed by atoms with van der Waals surface area (Å²) in [5.74, 6) is 2.30. The van der Waals surface area contributed by atoms with Crippen LogP contribution in [0.1, 0.15) is 44.9 Å². The van der Waals surface area contributed by atoms with Gasteiger partial charge in [0.25, 0.3) is 0 Å². The second-order valence-corrected chi connectivity index (χ2v) is 6.87. The molecule has 0 saturated heterocycles. The summed E-state index contributed by atoms with van der Waals surface area (Å²) >= 11 is 0. The fourth-order valence-electron chi connectivity index (χ4n) is 5.10. The highest BCUT2D eigenvalue weighted by molar-refractivity contribution is 5.70. The van der Waals surface area contributed by atoms with Gasteiger partial charge in [0.1, 0.15) is 6.61 Å². The molecule has 4 nitrogen and oxygen atoms in total. The molecule has 1 N–H and O–H groups in total. The third kappa shape index (κ3) is 2.95. The first-order chi connectivity index (χ1) is 9.19. The zero-order valence-electron chi connectivity index (χ0n) is 11.5. The lowest BCUT2D eigenvalue weighted by molar-refractivity contribution is -0.161. The molecule has 0 spiro atoms. The molecule has 19 heavy (non-hydrogen) atoms. The lowest BCUT2D eigenvalue weighted by Crippen LogP contribution is -2.46. The Kier molecular flexibility index (Phi) is 3.81. The Hall–Kier alpha value is -0.610. The van der Waals surface area contributed by atoms with E-state index in [0.717, 1.165) is 24.2 Å². The topological polar surface area (TPSA) is 55.8 Å². The molecule has 0 aliphatic heterocycles. The van der Waals surface area contributed by atoms with Crippen LogP contribution in [-0.2, 0) is 14.3 Å². The van der Waals surface area contributed by atoms with Gasteiger partial charge in [-0.2, -0.15) is 0 Å². The van der Waals surface area contributed by atoms with Crippen LogP contribution in [0, 0.1) is 23.2 Å². The molecule has 4 aliphatic carbocycles. The van der Waals surface area contributed by atoms with Crippen molar-refractivity contribution in [3.8, 4) is 0 Å². The van der Waals surface area contributed by atoms with Gasteiger partial charge in [0, 0.05) is 0 Å². The summed E-state index contributed by atoms with van der Waals surface area (Å²) in [6, 6.07) is 0. The van der Waals surface area contributed by atoms with Crippen LogP contribution in [0.3, 0.4) is 0 Å². The second kappa shape index (κ2) is 5.41. The van der Waals surface area contributed by atoms with Crippen molar-refractivity contribution < 1.29 is 19.4 Å². The molecule has 0 aromatic heterocycles.